The van der Waals surface area contributed by atoms with Gasteiger partial charge in [-0.25, -0.2) is 0 Å². The maximum atomic E-state index is 8.56. The summed E-state index contributed by atoms with van der Waals surface area (Å²) in [6.07, 6.45) is 3.69. The van der Waals surface area contributed by atoms with Crippen LogP contribution in [0.25, 0.3) is 33.2 Å². The van der Waals surface area contributed by atoms with E-state index in [2.05, 4.69) is 72.9 Å². The van der Waals surface area contributed by atoms with Crippen LogP contribution in [0.3, 0.4) is 0 Å². The third-order valence-electron chi connectivity index (χ3n) is 5.07. The van der Waals surface area contributed by atoms with Crippen molar-refractivity contribution >= 4 is 10.8 Å². The lowest BCUT2D eigenvalue weighted by molar-refractivity contribution is -0.665. The lowest BCUT2D eigenvalue weighted by Gasteiger charge is -2.12. The number of pyridine rings is 2. The second kappa shape index (κ2) is 6.38. The number of hydrogen-bond donors (Lipinski definition) is 0. The van der Waals surface area contributed by atoms with Crippen molar-refractivity contribution in [2.75, 3.05) is 0 Å². The summed E-state index contributed by atoms with van der Waals surface area (Å²) in [5.41, 5.74) is 8.00. The van der Waals surface area contributed by atoms with Crippen molar-refractivity contribution < 1.29 is 5.94 Å². The van der Waals surface area contributed by atoms with Crippen LogP contribution in [0, 0.1) is 20.8 Å². The SMILES string of the molecule is [2H]c1c(C)[n+](C)c(-c2cc(-c3cccnc3)ccc2C)c2cc(C)ccc12. The van der Waals surface area contributed by atoms with Crippen molar-refractivity contribution in [3.8, 4) is 22.4 Å². The molecular weight excluding hydrogens is 316 g/mol. The van der Waals surface area contributed by atoms with Gasteiger partial charge < -0.3 is 0 Å². The van der Waals surface area contributed by atoms with E-state index in [1.165, 1.54) is 16.7 Å². The van der Waals surface area contributed by atoms with E-state index < -0.39 is 0 Å². The Hall–Kier alpha value is -3.00. The minimum atomic E-state index is 0.595. The van der Waals surface area contributed by atoms with Crippen molar-refractivity contribution in [1.29, 1.82) is 0 Å². The molecule has 0 atom stereocenters. The Morgan fingerprint density at radius 1 is 0.962 bits per heavy atom. The van der Waals surface area contributed by atoms with Crippen LogP contribution in [0.1, 0.15) is 18.2 Å². The fourth-order valence-electron chi connectivity index (χ4n) is 3.51. The maximum absolute atomic E-state index is 8.56. The second-order valence-corrected chi connectivity index (χ2v) is 6.94. The molecule has 26 heavy (non-hydrogen) atoms. The van der Waals surface area contributed by atoms with Gasteiger partial charge in [0.15, 0.2) is 5.69 Å². The van der Waals surface area contributed by atoms with E-state index in [9.17, 15) is 0 Å². The number of aromatic nitrogens is 2. The minimum Gasteiger partial charge on any atom is -0.264 e. The third kappa shape index (κ3) is 2.78. The predicted octanol–water partition coefficient (Wildman–Crippen LogP) is 5.32. The molecule has 128 valence electrons. The minimum absolute atomic E-state index is 0.595. The molecule has 4 rings (SSSR count). The van der Waals surface area contributed by atoms with Crippen LogP contribution in [0.4, 0.5) is 0 Å². The van der Waals surface area contributed by atoms with Gasteiger partial charge in [0.1, 0.15) is 7.05 Å². The van der Waals surface area contributed by atoms with E-state index >= 15 is 0 Å². The molecule has 0 radical (unpaired) electrons. The summed E-state index contributed by atoms with van der Waals surface area (Å²) in [4.78, 5) is 4.26. The smallest absolute Gasteiger partial charge is 0.220 e. The molecule has 0 aliphatic carbocycles. The van der Waals surface area contributed by atoms with Crippen LogP contribution in [0.2, 0.25) is 0 Å². The molecular formula is C24H23N2+. The van der Waals surface area contributed by atoms with Crippen LogP contribution in [0.15, 0.2) is 67.0 Å². The Labute approximate surface area is 156 Å². The average Bonchev–Trinajstić information content (AvgIpc) is 2.68. The van der Waals surface area contributed by atoms with E-state index in [-0.39, 0.29) is 0 Å². The van der Waals surface area contributed by atoms with Gasteiger partial charge in [0.25, 0.3) is 0 Å². The van der Waals surface area contributed by atoms with Crippen LogP contribution in [-0.2, 0) is 7.05 Å². The van der Waals surface area contributed by atoms with Crippen LogP contribution in [-0.4, -0.2) is 4.98 Å². The molecule has 2 aromatic heterocycles. The summed E-state index contributed by atoms with van der Waals surface area (Å²) >= 11 is 0. The maximum Gasteiger partial charge on any atom is 0.220 e. The first-order chi connectivity index (χ1) is 13.0. The van der Waals surface area contributed by atoms with Gasteiger partial charge in [-0.2, -0.15) is 4.57 Å². The van der Waals surface area contributed by atoms with Gasteiger partial charge in [-0.05, 0) is 48.6 Å². The molecule has 2 nitrogen and oxygen atoms in total. The molecule has 0 fully saturated rings. The first-order valence-corrected chi connectivity index (χ1v) is 8.88. The normalized spacial score (nSPS) is 11.6. The largest absolute Gasteiger partial charge is 0.264 e. The topological polar surface area (TPSA) is 16.8 Å². The average molecular weight is 340 g/mol. The fourth-order valence-corrected chi connectivity index (χ4v) is 3.51. The molecule has 4 aromatic rings. The molecule has 0 amide bonds. The first kappa shape index (κ1) is 15.3. The highest BCUT2D eigenvalue weighted by Gasteiger charge is 2.20. The predicted molar refractivity (Wildman–Crippen MR) is 108 cm³/mol. The van der Waals surface area contributed by atoms with E-state index in [0.29, 0.717) is 6.04 Å². The number of rotatable bonds is 2. The standard InChI is InChI=1S/C24H23N2/c1-16-7-9-20-13-18(3)26(4)24(23(20)12-16)22-14-19(10-8-17(22)2)21-6-5-11-25-15-21/h5-15H,1-4H3/q+1/i13D. The third-order valence-corrected chi connectivity index (χ3v) is 5.07. The van der Waals surface area contributed by atoms with E-state index in [1.807, 2.05) is 19.2 Å². The van der Waals surface area contributed by atoms with Crippen LogP contribution < -0.4 is 4.57 Å². The van der Waals surface area contributed by atoms with E-state index in [4.69, 9.17) is 1.37 Å². The fraction of sp³-hybridized carbons (Fsp3) is 0.167. The summed E-state index contributed by atoms with van der Waals surface area (Å²) in [5.74, 6) is 0. The molecule has 0 aliphatic heterocycles. The van der Waals surface area contributed by atoms with E-state index in [1.54, 1.807) is 6.20 Å². The van der Waals surface area contributed by atoms with Crippen LogP contribution in [0.5, 0.6) is 0 Å². The molecule has 0 saturated heterocycles. The Bertz CT molecular complexity index is 1160. The summed E-state index contributed by atoms with van der Waals surface area (Å²) in [6.45, 7) is 6.27. The quantitative estimate of drug-likeness (QED) is 0.451. The molecule has 0 unspecified atom stereocenters. The van der Waals surface area contributed by atoms with E-state index in [0.717, 1.165) is 33.3 Å². The molecule has 2 heterocycles. The van der Waals surface area contributed by atoms with Crippen molar-refractivity contribution in [2.24, 2.45) is 7.05 Å². The molecule has 0 spiro atoms. The zero-order valence-corrected chi connectivity index (χ0v) is 15.7. The number of nitrogens with zero attached hydrogens (tertiary/aromatic N) is 2. The molecule has 2 aromatic carbocycles. The summed E-state index contributed by atoms with van der Waals surface area (Å²) in [5, 5.41) is 2.12. The number of hydrogen-bond acceptors (Lipinski definition) is 1. The second-order valence-electron chi connectivity index (χ2n) is 6.94. The van der Waals surface area contributed by atoms with Crippen molar-refractivity contribution in [3.63, 3.8) is 0 Å². The molecule has 0 N–H and O–H groups in total. The van der Waals surface area contributed by atoms with Gasteiger partial charge in [-0.15, -0.1) is 0 Å². The lowest BCUT2D eigenvalue weighted by atomic mass is 9.94. The summed E-state index contributed by atoms with van der Waals surface area (Å²) in [7, 11) is 2.06. The highest BCUT2D eigenvalue weighted by molar-refractivity contribution is 5.95. The highest BCUT2D eigenvalue weighted by atomic mass is 14.9. The Morgan fingerprint density at radius 2 is 1.81 bits per heavy atom. The van der Waals surface area contributed by atoms with Gasteiger partial charge in [-0.3, -0.25) is 4.98 Å². The summed E-state index contributed by atoms with van der Waals surface area (Å²) in [6, 6.07) is 17.6. The molecule has 0 bridgehead atoms. The van der Waals surface area contributed by atoms with Gasteiger partial charge in [0.2, 0.25) is 5.69 Å². The zero-order valence-electron chi connectivity index (χ0n) is 16.7. The molecule has 0 aliphatic rings. The zero-order chi connectivity index (χ0) is 19.1. The highest BCUT2D eigenvalue weighted by Crippen LogP contribution is 2.32. The monoisotopic (exact) mass is 340 g/mol. The lowest BCUT2D eigenvalue weighted by Crippen LogP contribution is -2.35. The van der Waals surface area contributed by atoms with Gasteiger partial charge in [0.05, 0.1) is 12.3 Å². The van der Waals surface area contributed by atoms with Crippen molar-refractivity contribution in [3.05, 3.63) is 83.8 Å². The number of fused-ring (bicyclic) bond motifs is 1. The Balaban J connectivity index is 2.07. The Kier molecular flexibility index (Phi) is 3.75. The summed E-state index contributed by atoms with van der Waals surface area (Å²) < 4.78 is 10.7. The van der Waals surface area contributed by atoms with Gasteiger partial charge >= 0.3 is 0 Å². The Morgan fingerprint density at radius 3 is 2.58 bits per heavy atom. The van der Waals surface area contributed by atoms with Crippen molar-refractivity contribution in [1.82, 2.24) is 4.98 Å². The van der Waals surface area contributed by atoms with Crippen molar-refractivity contribution in [2.45, 2.75) is 20.8 Å². The molecule has 2 heteroatoms. The first-order valence-electron chi connectivity index (χ1n) is 9.38. The van der Waals surface area contributed by atoms with Gasteiger partial charge in [0, 0.05) is 30.9 Å². The molecule has 0 saturated carbocycles. The van der Waals surface area contributed by atoms with Crippen LogP contribution >= 0.6 is 0 Å². The van der Waals surface area contributed by atoms with Gasteiger partial charge in [-0.1, -0.05) is 35.9 Å². The number of benzene rings is 2. The number of aryl methyl sites for hydroxylation is 2.